The van der Waals surface area contributed by atoms with Crippen LogP contribution >= 0.6 is 0 Å². The zero-order valence-electron chi connectivity index (χ0n) is 24.1. The molecule has 1 aliphatic carbocycles. The molecule has 222 valence electrons. The van der Waals surface area contributed by atoms with Crippen molar-refractivity contribution in [2.75, 3.05) is 18.4 Å². The van der Waals surface area contributed by atoms with Crippen molar-refractivity contribution in [3.63, 3.8) is 0 Å². The number of nitrogens with one attached hydrogen (secondary N) is 1. The molecule has 2 atom stereocenters. The Hall–Kier alpha value is -3.65. The normalized spacial score (nSPS) is 26.7. The first kappa shape index (κ1) is 28.5. The number of halogens is 3. The van der Waals surface area contributed by atoms with Crippen LogP contribution in [0.5, 0.6) is 0 Å². The Morgan fingerprint density at radius 3 is 2.52 bits per heavy atom. The Labute approximate surface area is 241 Å². The fraction of sp³-hybridized carbons (Fsp3) is 0.548. The van der Waals surface area contributed by atoms with E-state index in [1.54, 1.807) is 20.0 Å². The molecule has 1 N–H and O–H groups in total. The number of alkyl halides is 2. The summed E-state index contributed by atoms with van der Waals surface area (Å²) in [4.78, 5) is 33.2. The fourth-order valence-corrected chi connectivity index (χ4v) is 6.57. The SMILES string of the molecule is CC1CCCCCn2c(=O)nc(c3cc(C4(C#N)CC4)c(=O)n(C)c32)N[C@H](C)c2cccc(c2F)C(F)(F)C2CN1C2. The van der Waals surface area contributed by atoms with Gasteiger partial charge >= 0.3 is 5.69 Å². The summed E-state index contributed by atoms with van der Waals surface area (Å²) in [7, 11) is 1.58. The Bertz CT molecular complexity index is 1710. The van der Waals surface area contributed by atoms with Crippen LogP contribution in [0.2, 0.25) is 0 Å². The molecular weight excluding hydrogens is 545 g/mol. The second-order valence-electron chi connectivity index (χ2n) is 12.3. The number of hydrogen-bond donors (Lipinski definition) is 1. The smallest absolute Gasteiger partial charge is 0.351 e. The Kier molecular flexibility index (Phi) is 6.96. The first-order valence-electron chi connectivity index (χ1n) is 14.7. The zero-order valence-corrected chi connectivity index (χ0v) is 24.1. The molecule has 6 aliphatic rings. The molecule has 6 bridgehead atoms. The van der Waals surface area contributed by atoms with E-state index < -0.39 is 40.4 Å². The Morgan fingerprint density at radius 2 is 1.83 bits per heavy atom. The lowest BCUT2D eigenvalue weighted by Crippen LogP contribution is -2.56. The number of hydrogen-bond acceptors (Lipinski definition) is 6. The predicted molar refractivity (Wildman–Crippen MR) is 153 cm³/mol. The van der Waals surface area contributed by atoms with E-state index in [-0.39, 0.29) is 36.1 Å². The van der Waals surface area contributed by atoms with Crippen molar-refractivity contribution in [3.8, 4) is 6.07 Å². The Morgan fingerprint density at radius 1 is 1.10 bits per heavy atom. The number of aryl methyl sites for hydroxylation is 2. The minimum Gasteiger partial charge on any atom is -0.363 e. The molecule has 3 aromatic rings. The molecule has 11 heteroatoms. The monoisotopic (exact) mass is 580 g/mol. The third-order valence-electron chi connectivity index (χ3n) is 9.57. The highest BCUT2D eigenvalue weighted by Gasteiger charge is 2.50. The lowest BCUT2D eigenvalue weighted by molar-refractivity contribution is -0.134. The lowest BCUT2D eigenvalue weighted by Gasteiger charge is -2.46. The first-order valence-corrected chi connectivity index (χ1v) is 14.7. The summed E-state index contributed by atoms with van der Waals surface area (Å²) in [5, 5.41) is 13.4. The van der Waals surface area contributed by atoms with Gasteiger partial charge in [0.2, 0.25) is 0 Å². The number of anilines is 1. The van der Waals surface area contributed by atoms with E-state index in [0.29, 0.717) is 42.4 Å². The van der Waals surface area contributed by atoms with Crippen LogP contribution in [0.1, 0.15) is 75.1 Å². The van der Waals surface area contributed by atoms with Crippen molar-refractivity contribution >= 4 is 16.9 Å². The maximum absolute atomic E-state index is 15.8. The van der Waals surface area contributed by atoms with Crippen LogP contribution in [0.25, 0.3) is 11.0 Å². The molecule has 42 heavy (non-hydrogen) atoms. The van der Waals surface area contributed by atoms with Gasteiger partial charge in [0, 0.05) is 43.9 Å². The van der Waals surface area contributed by atoms with Crippen LogP contribution in [0, 0.1) is 23.1 Å². The first-order chi connectivity index (χ1) is 20.0. The molecule has 7 heterocycles. The average molecular weight is 581 g/mol. The van der Waals surface area contributed by atoms with Crippen molar-refractivity contribution < 1.29 is 13.2 Å². The molecule has 1 aromatic carbocycles. The van der Waals surface area contributed by atoms with Gasteiger partial charge in [-0.1, -0.05) is 31.0 Å². The van der Waals surface area contributed by atoms with Gasteiger partial charge in [0.05, 0.1) is 34.4 Å². The second kappa shape index (κ2) is 10.3. The van der Waals surface area contributed by atoms with Gasteiger partial charge in [0.25, 0.3) is 11.5 Å². The van der Waals surface area contributed by atoms with Gasteiger partial charge in [-0.25, -0.2) is 18.0 Å². The summed E-state index contributed by atoms with van der Waals surface area (Å²) in [5.74, 6) is -5.18. The van der Waals surface area contributed by atoms with Gasteiger partial charge in [-0.3, -0.25) is 18.8 Å². The van der Waals surface area contributed by atoms with Crippen molar-refractivity contribution in [2.45, 2.75) is 82.3 Å². The minimum absolute atomic E-state index is 0.0227. The van der Waals surface area contributed by atoms with Crippen LogP contribution < -0.4 is 16.6 Å². The highest BCUT2D eigenvalue weighted by molar-refractivity contribution is 5.88. The van der Waals surface area contributed by atoms with Crippen LogP contribution in [0.15, 0.2) is 33.9 Å². The van der Waals surface area contributed by atoms with Crippen molar-refractivity contribution in [1.82, 2.24) is 19.0 Å². The minimum atomic E-state index is -3.34. The molecule has 0 radical (unpaired) electrons. The summed E-state index contributed by atoms with van der Waals surface area (Å²) >= 11 is 0. The maximum Gasteiger partial charge on any atom is 0.351 e. The van der Waals surface area contributed by atoms with Gasteiger partial charge in [0.1, 0.15) is 17.3 Å². The number of nitrogens with zero attached hydrogens (tertiary/aromatic N) is 5. The summed E-state index contributed by atoms with van der Waals surface area (Å²) in [6, 6.07) is 7.19. The summed E-state index contributed by atoms with van der Waals surface area (Å²) in [6.45, 7) is 4.40. The lowest BCUT2D eigenvalue weighted by atomic mass is 9.85. The standard InChI is InChI=1S/C31H35F3N6O2/c1-18-8-5-4-6-13-40-27-22(14-24(28(41)38(27)3)30(17-35)11-12-30)26(37-29(40)42)36-19(2)21-9-7-10-23(25(21)32)31(33,34)20-15-39(18)16-20/h7,9-10,14,18-20H,4-6,8,11-13,15-16H2,1-3H3,(H,36,37,42)/t18?,19-/m1/s1. The molecule has 2 fully saturated rings. The average Bonchev–Trinajstić information content (AvgIpc) is 3.71. The number of nitriles is 1. The van der Waals surface area contributed by atoms with E-state index in [2.05, 4.69) is 16.4 Å². The van der Waals surface area contributed by atoms with Crippen LogP contribution in [0.4, 0.5) is 19.0 Å². The molecule has 2 aromatic heterocycles. The third kappa shape index (κ3) is 4.51. The molecule has 1 saturated carbocycles. The molecule has 8 nitrogen and oxygen atoms in total. The molecular formula is C31H35F3N6O2. The highest BCUT2D eigenvalue weighted by Crippen LogP contribution is 2.47. The number of rotatable bonds is 1. The third-order valence-corrected chi connectivity index (χ3v) is 9.57. The number of benzene rings is 1. The zero-order chi connectivity index (χ0) is 30.0. The summed E-state index contributed by atoms with van der Waals surface area (Å²) in [6.07, 6.45) is 4.25. The molecule has 0 amide bonds. The fourth-order valence-electron chi connectivity index (χ4n) is 6.57. The predicted octanol–water partition coefficient (Wildman–Crippen LogP) is 4.95. The van der Waals surface area contributed by atoms with Gasteiger partial charge in [-0.05, 0) is 45.6 Å². The van der Waals surface area contributed by atoms with E-state index in [0.717, 1.165) is 25.3 Å². The van der Waals surface area contributed by atoms with Crippen LogP contribution in [-0.4, -0.2) is 38.1 Å². The van der Waals surface area contributed by atoms with E-state index in [9.17, 15) is 14.9 Å². The molecule has 1 saturated heterocycles. The largest absolute Gasteiger partial charge is 0.363 e. The molecule has 5 aliphatic heterocycles. The van der Waals surface area contributed by atoms with Crippen LogP contribution in [-0.2, 0) is 24.9 Å². The van der Waals surface area contributed by atoms with Gasteiger partial charge in [0.15, 0.2) is 0 Å². The van der Waals surface area contributed by atoms with E-state index in [4.69, 9.17) is 0 Å². The second-order valence-corrected chi connectivity index (χ2v) is 12.3. The van der Waals surface area contributed by atoms with Gasteiger partial charge in [-0.15, -0.1) is 0 Å². The van der Waals surface area contributed by atoms with Gasteiger partial charge < -0.3 is 5.32 Å². The van der Waals surface area contributed by atoms with E-state index >= 15 is 13.2 Å². The maximum atomic E-state index is 15.8. The topological polar surface area (TPSA) is 96.0 Å². The number of aromatic nitrogens is 3. The van der Waals surface area contributed by atoms with Gasteiger partial charge in [-0.2, -0.15) is 10.2 Å². The molecule has 1 unspecified atom stereocenters. The quantitative estimate of drug-likeness (QED) is 0.438. The Balaban J connectivity index is 1.51. The van der Waals surface area contributed by atoms with Crippen molar-refractivity contribution in [2.24, 2.45) is 13.0 Å². The van der Waals surface area contributed by atoms with Crippen LogP contribution in [0.3, 0.4) is 0 Å². The van der Waals surface area contributed by atoms with E-state index in [1.165, 1.54) is 21.3 Å². The van der Waals surface area contributed by atoms with Crippen molar-refractivity contribution in [1.29, 1.82) is 5.26 Å². The van der Waals surface area contributed by atoms with E-state index in [1.807, 2.05) is 11.8 Å². The summed E-state index contributed by atoms with van der Waals surface area (Å²) in [5.41, 5.74) is -1.73. The summed E-state index contributed by atoms with van der Waals surface area (Å²) < 4.78 is 50.0. The number of pyridine rings is 1. The molecule has 0 spiro atoms. The van der Waals surface area contributed by atoms with Crippen molar-refractivity contribution in [3.05, 3.63) is 67.6 Å². The highest BCUT2D eigenvalue weighted by atomic mass is 19.3. The molecule has 9 rings (SSSR count).